The van der Waals surface area contributed by atoms with Crippen molar-refractivity contribution in [3.8, 4) is 0 Å². The molecule has 1 aliphatic carbocycles. The van der Waals surface area contributed by atoms with Crippen LogP contribution in [0.1, 0.15) is 54.0 Å². The first-order chi connectivity index (χ1) is 16.0. The van der Waals surface area contributed by atoms with E-state index in [1.165, 1.54) is 28.0 Å². The molecule has 2 aromatic rings. The van der Waals surface area contributed by atoms with Crippen molar-refractivity contribution < 1.29 is 14.4 Å². The first-order valence-electron chi connectivity index (χ1n) is 11.2. The van der Waals surface area contributed by atoms with E-state index in [4.69, 9.17) is 0 Å². The number of aliphatic imine (C=N–C) groups is 1. The third-order valence-electron chi connectivity index (χ3n) is 5.61. The van der Waals surface area contributed by atoms with Gasteiger partial charge in [-0.05, 0) is 57.7 Å². The van der Waals surface area contributed by atoms with Crippen LogP contribution in [0.25, 0.3) is 0 Å². The lowest BCUT2D eigenvalue weighted by molar-refractivity contribution is -0.121. The van der Waals surface area contributed by atoms with Crippen molar-refractivity contribution in [1.29, 1.82) is 0 Å². The minimum Gasteiger partial charge on any atom is -0.352 e. The molecule has 0 bridgehead atoms. The van der Waals surface area contributed by atoms with Gasteiger partial charge in [0.05, 0.1) is 5.69 Å². The van der Waals surface area contributed by atoms with Crippen molar-refractivity contribution in [3.05, 3.63) is 40.4 Å². The van der Waals surface area contributed by atoms with Crippen LogP contribution in [0.2, 0.25) is 0 Å². The number of aromatic nitrogens is 1. The molecular weight excluding hydrogens is 458 g/mol. The van der Waals surface area contributed by atoms with Gasteiger partial charge in [0.2, 0.25) is 5.91 Å². The molecule has 33 heavy (non-hydrogen) atoms. The minimum absolute atomic E-state index is 0.0266. The fourth-order valence-electron chi connectivity index (χ4n) is 3.83. The number of nitrogens with one attached hydrogen (secondary N) is 2. The molecule has 10 heteroatoms. The van der Waals surface area contributed by atoms with Gasteiger partial charge in [-0.15, -0.1) is 11.3 Å². The lowest BCUT2D eigenvalue weighted by Crippen LogP contribution is -2.27. The van der Waals surface area contributed by atoms with E-state index in [9.17, 15) is 14.4 Å². The Kier molecular flexibility index (Phi) is 7.44. The van der Waals surface area contributed by atoms with E-state index in [-0.39, 0.29) is 24.1 Å². The van der Waals surface area contributed by atoms with Gasteiger partial charge in [-0.1, -0.05) is 17.8 Å². The molecule has 4 rings (SSSR count). The second-order valence-electron chi connectivity index (χ2n) is 7.89. The van der Waals surface area contributed by atoms with Gasteiger partial charge in [0.25, 0.3) is 11.8 Å². The van der Waals surface area contributed by atoms with Crippen molar-refractivity contribution in [1.82, 2.24) is 9.88 Å². The van der Waals surface area contributed by atoms with Crippen molar-refractivity contribution in [2.45, 2.75) is 51.2 Å². The maximum Gasteiger partial charge on any atom is 0.262 e. The Morgan fingerprint density at radius 1 is 1.15 bits per heavy atom. The number of fused-ring (bicyclic) bond motifs is 1. The van der Waals surface area contributed by atoms with E-state index < -0.39 is 5.25 Å². The summed E-state index contributed by atoms with van der Waals surface area (Å²) in [6.07, 6.45) is 4.32. The number of carbonyl (C=O) groups is 3. The van der Waals surface area contributed by atoms with E-state index in [2.05, 4.69) is 20.6 Å². The fraction of sp³-hybridized carbons (Fsp3) is 0.435. The maximum atomic E-state index is 12.7. The van der Waals surface area contributed by atoms with Crippen molar-refractivity contribution in [2.24, 2.45) is 4.99 Å². The van der Waals surface area contributed by atoms with Crippen LogP contribution in [0.3, 0.4) is 0 Å². The number of anilines is 2. The Hall–Kier alpha value is -2.72. The SMILES string of the molecule is CCN(CC)C1=NC(=O)[C@H](CC(=O)Nc2cccc(C(=O)Nc3nc4c(s3)CCCC4)c2)S1. The Balaban J connectivity index is 1.34. The van der Waals surface area contributed by atoms with Gasteiger partial charge >= 0.3 is 0 Å². The number of aryl methyl sites for hydroxylation is 2. The third kappa shape index (κ3) is 5.62. The van der Waals surface area contributed by atoms with Gasteiger partial charge in [0.1, 0.15) is 5.25 Å². The molecule has 0 spiro atoms. The topological polar surface area (TPSA) is 104 Å². The standard InChI is InChI=1S/C23H27N5O3S2/c1-3-28(4-2)23-27-21(31)18(33-23)13-19(29)24-15-9-7-8-14(12-15)20(30)26-22-25-16-10-5-6-11-17(16)32-22/h7-9,12,18H,3-6,10-11,13H2,1-2H3,(H,24,29)(H,25,26,30)/t18-/m0/s1. The molecule has 8 nitrogen and oxygen atoms in total. The maximum absolute atomic E-state index is 12.7. The number of amidine groups is 1. The summed E-state index contributed by atoms with van der Waals surface area (Å²) in [5.74, 6) is -0.839. The minimum atomic E-state index is -0.525. The van der Waals surface area contributed by atoms with E-state index in [1.807, 2.05) is 18.7 Å². The van der Waals surface area contributed by atoms with Gasteiger partial charge < -0.3 is 10.2 Å². The number of amides is 3. The second-order valence-corrected chi connectivity index (χ2v) is 10.1. The molecule has 1 aliphatic heterocycles. The summed E-state index contributed by atoms with van der Waals surface area (Å²) in [5, 5.41) is 6.43. The zero-order chi connectivity index (χ0) is 23.4. The number of benzene rings is 1. The summed E-state index contributed by atoms with van der Waals surface area (Å²) < 4.78 is 0. The monoisotopic (exact) mass is 485 g/mol. The average Bonchev–Trinajstić information content (AvgIpc) is 3.37. The highest BCUT2D eigenvalue weighted by Gasteiger charge is 2.32. The summed E-state index contributed by atoms with van der Waals surface area (Å²) in [4.78, 5) is 49.4. The molecule has 2 aliphatic rings. The quantitative estimate of drug-likeness (QED) is 0.616. The van der Waals surface area contributed by atoms with Gasteiger partial charge in [-0.25, -0.2) is 4.98 Å². The van der Waals surface area contributed by atoms with Crippen molar-refractivity contribution in [2.75, 3.05) is 23.7 Å². The molecular formula is C23H27N5O3S2. The highest BCUT2D eigenvalue weighted by atomic mass is 32.2. The van der Waals surface area contributed by atoms with Crippen LogP contribution in [0.15, 0.2) is 29.3 Å². The molecule has 3 amide bonds. The molecule has 1 aromatic heterocycles. The molecule has 0 unspecified atom stereocenters. The molecule has 1 aromatic carbocycles. The summed E-state index contributed by atoms with van der Waals surface area (Å²) in [7, 11) is 0. The van der Waals surface area contributed by atoms with Gasteiger partial charge in [-0.3, -0.25) is 19.7 Å². The van der Waals surface area contributed by atoms with Gasteiger partial charge in [0, 0.05) is 35.6 Å². The normalized spacial score (nSPS) is 17.3. The lowest BCUT2D eigenvalue weighted by atomic mass is 10.0. The average molecular weight is 486 g/mol. The van der Waals surface area contributed by atoms with E-state index in [1.54, 1.807) is 24.3 Å². The van der Waals surface area contributed by atoms with E-state index in [0.29, 0.717) is 21.6 Å². The Bertz CT molecular complexity index is 1070. The summed E-state index contributed by atoms with van der Waals surface area (Å²) in [6.45, 7) is 5.52. The molecule has 0 saturated carbocycles. The number of thiazole rings is 1. The van der Waals surface area contributed by atoms with Crippen molar-refractivity contribution in [3.63, 3.8) is 0 Å². The fourth-order valence-corrected chi connectivity index (χ4v) is 6.07. The predicted octanol–water partition coefficient (Wildman–Crippen LogP) is 3.94. The number of hydrogen-bond acceptors (Lipinski definition) is 7. The number of thioether (sulfide) groups is 1. The van der Waals surface area contributed by atoms with Crippen LogP contribution >= 0.6 is 23.1 Å². The zero-order valence-corrected chi connectivity index (χ0v) is 20.4. The first kappa shape index (κ1) is 23.4. The third-order valence-corrected chi connectivity index (χ3v) is 7.89. The molecule has 0 saturated heterocycles. The highest BCUT2D eigenvalue weighted by molar-refractivity contribution is 8.15. The highest BCUT2D eigenvalue weighted by Crippen LogP contribution is 2.30. The van der Waals surface area contributed by atoms with E-state index in [0.717, 1.165) is 44.5 Å². The van der Waals surface area contributed by atoms with Gasteiger partial charge in [0.15, 0.2) is 10.3 Å². The Morgan fingerprint density at radius 2 is 1.94 bits per heavy atom. The van der Waals surface area contributed by atoms with Gasteiger partial charge in [-0.2, -0.15) is 4.99 Å². The van der Waals surface area contributed by atoms with Crippen LogP contribution in [0.4, 0.5) is 10.8 Å². The van der Waals surface area contributed by atoms with Crippen molar-refractivity contribution >= 4 is 56.8 Å². The second kappa shape index (κ2) is 10.5. The largest absolute Gasteiger partial charge is 0.352 e. The van der Waals surface area contributed by atoms with Crippen LogP contribution in [-0.4, -0.2) is 51.1 Å². The zero-order valence-electron chi connectivity index (χ0n) is 18.7. The molecule has 0 fully saturated rings. The molecule has 1 atom stereocenters. The number of rotatable bonds is 7. The van der Waals surface area contributed by atoms with Crippen LogP contribution in [0, 0.1) is 0 Å². The Labute approximate surface area is 201 Å². The van der Waals surface area contributed by atoms with Crippen LogP contribution < -0.4 is 10.6 Å². The molecule has 0 radical (unpaired) electrons. The smallest absolute Gasteiger partial charge is 0.262 e. The predicted molar refractivity (Wildman–Crippen MR) is 133 cm³/mol. The number of hydrogen-bond donors (Lipinski definition) is 2. The van der Waals surface area contributed by atoms with Crippen LogP contribution in [0.5, 0.6) is 0 Å². The number of carbonyl (C=O) groups excluding carboxylic acids is 3. The molecule has 2 N–H and O–H groups in total. The first-order valence-corrected chi connectivity index (χ1v) is 12.9. The summed E-state index contributed by atoms with van der Waals surface area (Å²) >= 11 is 2.87. The summed E-state index contributed by atoms with van der Waals surface area (Å²) in [5.41, 5.74) is 2.03. The Morgan fingerprint density at radius 3 is 2.70 bits per heavy atom. The molecule has 174 valence electrons. The van der Waals surface area contributed by atoms with Crippen LogP contribution in [-0.2, 0) is 22.4 Å². The lowest BCUT2D eigenvalue weighted by Gasteiger charge is -2.19. The van der Waals surface area contributed by atoms with E-state index >= 15 is 0 Å². The molecule has 2 heterocycles. The summed E-state index contributed by atoms with van der Waals surface area (Å²) in [6, 6.07) is 6.76. The number of nitrogens with zero attached hydrogens (tertiary/aromatic N) is 3.